The molecule has 0 unspecified atom stereocenters. The summed E-state index contributed by atoms with van der Waals surface area (Å²) in [6, 6.07) is 12.4. The molecule has 0 saturated carbocycles. The van der Waals surface area contributed by atoms with E-state index < -0.39 is 5.82 Å². The van der Waals surface area contributed by atoms with E-state index in [1.54, 1.807) is 6.07 Å². The third-order valence-corrected chi connectivity index (χ3v) is 3.15. The van der Waals surface area contributed by atoms with E-state index in [1.807, 2.05) is 44.0 Å². The number of aryl methyl sites for hydroxylation is 2. The Morgan fingerprint density at radius 1 is 1.05 bits per heavy atom. The van der Waals surface area contributed by atoms with Crippen LogP contribution in [0.4, 0.5) is 15.8 Å². The Morgan fingerprint density at radius 2 is 1.74 bits per heavy atom. The molecule has 0 fully saturated rings. The van der Waals surface area contributed by atoms with E-state index in [0.717, 1.165) is 11.3 Å². The second kappa shape index (κ2) is 5.11. The maximum absolute atomic E-state index is 13.2. The first-order valence-electron chi connectivity index (χ1n) is 6.03. The zero-order valence-corrected chi connectivity index (χ0v) is 11.2. The summed E-state index contributed by atoms with van der Waals surface area (Å²) in [6.45, 7) is 4.06. The molecule has 0 heterocycles. The lowest BCUT2D eigenvalue weighted by Crippen LogP contribution is -2.12. The van der Waals surface area contributed by atoms with Gasteiger partial charge in [-0.1, -0.05) is 17.7 Å². The maximum Gasteiger partial charge on any atom is 0.124 e. The molecule has 0 spiro atoms. The van der Waals surface area contributed by atoms with Gasteiger partial charge >= 0.3 is 0 Å². The first kappa shape index (κ1) is 13.1. The number of hydrogen-bond acceptors (Lipinski definition) is 2. The standard InChI is InChI=1S/C16H15FN2/c1-11-4-6-15(12(2)8-11)19(3)16-7-5-14(17)9-13(16)10-18/h4-9H,1-3H3. The van der Waals surface area contributed by atoms with Crippen molar-refractivity contribution < 1.29 is 4.39 Å². The average molecular weight is 254 g/mol. The molecule has 0 saturated heterocycles. The Hall–Kier alpha value is -2.34. The van der Waals surface area contributed by atoms with Crippen LogP contribution >= 0.6 is 0 Å². The second-order valence-electron chi connectivity index (χ2n) is 4.62. The fourth-order valence-corrected chi connectivity index (χ4v) is 2.20. The molecule has 0 aliphatic rings. The molecule has 2 aromatic rings. The molecule has 19 heavy (non-hydrogen) atoms. The summed E-state index contributed by atoms with van der Waals surface area (Å²) in [6.07, 6.45) is 0. The predicted octanol–water partition coefficient (Wildman–Crippen LogP) is 4.08. The molecule has 2 aromatic carbocycles. The van der Waals surface area contributed by atoms with E-state index in [9.17, 15) is 4.39 Å². The molecule has 96 valence electrons. The molecule has 0 aromatic heterocycles. The lowest BCUT2D eigenvalue weighted by Gasteiger charge is -2.23. The van der Waals surface area contributed by atoms with Crippen LogP contribution in [0, 0.1) is 31.0 Å². The number of nitrogens with zero attached hydrogens (tertiary/aromatic N) is 2. The Kier molecular flexibility index (Phi) is 3.52. The minimum atomic E-state index is -0.394. The number of halogens is 1. The van der Waals surface area contributed by atoms with Crippen molar-refractivity contribution in [1.82, 2.24) is 0 Å². The molecule has 0 bridgehead atoms. The Bertz CT molecular complexity index is 656. The highest BCUT2D eigenvalue weighted by Gasteiger charge is 2.12. The monoisotopic (exact) mass is 254 g/mol. The maximum atomic E-state index is 13.2. The van der Waals surface area contributed by atoms with E-state index in [1.165, 1.54) is 17.7 Å². The van der Waals surface area contributed by atoms with Gasteiger partial charge in [-0.15, -0.1) is 0 Å². The SMILES string of the molecule is Cc1ccc(N(C)c2ccc(F)cc2C#N)c(C)c1. The minimum absolute atomic E-state index is 0.336. The van der Waals surface area contributed by atoms with Crippen LogP contribution < -0.4 is 4.90 Å². The lowest BCUT2D eigenvalue weighted by atomic mass is 10.1. The summed E-state index contributed by atoms with van der Waals surface area (Å²) in [5.41, 5.74) is 4.36. The quantitative estimate of drug-likeness (QED) is 0.807. The lowest BCUT2D eigenvalue weighted by molar-refractivity contribution is 0.627. The van der Waals surface area contributed by atoms with Gasteiger partial charge in [0.1, 0.15) is 11.9 Å². The van der Waals surface area contributed by atoms with Crippen molar-refractivity contribution in [2.24, 2.45) is 0 Å². The molecule has 2 nitrogen and oxygen atoms in total. The second-order valence-corrected chi connectivity index (χ2v) is 4.62. The molecule has 0 N–H and O–H groups in total. The Morgan fingerprint density at radius 3 is 2.37 bits per heavy atom. The van der Waals surface area contributed by atoms with Gasteiger partial charge in [0, 0.05) is 12.7 Å². The van der Waals surface area contributed by atoms with E-state index in [0.29, 0.717) is 11.3 Å². The van der Waals surface area contributed by atoms with Crippen LogP contribution in [0.3, 0.4) is 0 Å². The molecule has 0 atom stereocenters. The zero-order valence-electron chi connectivity index (χ0n) is 11.2. The van der Waals surface area contributed by atoms with Gasteiger partial charge in [0.2, 0.25) is 0 Å². The largest absolute Gasteiger partial charge is 0.343 e. The highest BCUT2D eigenvalue weighted by atomic mass is 19.1. The molecular weight excluding hydrogens is 239 g/mol. The van der Waals surface area contributed by atoms with Crippen LogP contribution in [0.15, 0.2) is 36.4 Å². The van der Waals surface area contributed by atoms with Crippen LogP contribution in [-0.2, 0) is 0 Å². The first-order chi connectivity index (χ1) is 9.02. The molecule has 0 radical (unpaired) electrons. The predicted molar refractivity (Wildman–Crippen MR) is 75.1 cm³/mol. The van der Waals surface area contributed by atoms with Gasteiger partial charge in [0.05, 0.1) is 11.3 Å². The van der Waals surface area contributed by atoms with Gasteiger partial charge in [0.25, 0.3) is 0 Å². The first-order valence-corrected chi connectivity index (χ1v) is 6.03. The highest BCUT2D eigenvalue weighted by molar-refractivity contribution is 5.70. The number of anilines is 2. The summed E-state index contributed by atoms with van der Waals surface area (Å²) in [5, 5.41) is 9.11. The molecular formula is C16H15FN2. The van der Waals surface area contributed by atoms with Crippen molar-refractivity contribution in [3.05, 3.63) is 58.9 Å². The summed E-state index contributed by atoms with van der Waals surface area (Å²) >= 11 is 0. The van der Waals surface area contributed by atoms with Gasteiger partial charge in [-0.25, -0.2) is 4.39 Å². The summed E-state index contributed by atoms with van der Waals surface area (Å²) in [5.74, 6) is -0.394. The smallest absolute Gasteiger partial charge is 0.124 e. The van der Waals surface area contributed by atoms with E-state index in [-0.39, 0.29) is 0 Å². The van der Waals surface area contributed by atoms with Crippen molar-refractivity contribution in [1.29, 1.82) is 5.26 Å². The number of benzene rings is 2. The van der Waals surface area contributed by atoms with Crippen molar-refractivity contribution in [3.8, 4) is 6.07 Å². The molecule has 0 aliphatic heterocycles. The normalized spacial score (nSPS) is 10.1. The summed E-state index contributed by atoms with van der Waals surface area (Å²) in [4.78, 5) is 1.91. The highest BCUT2D eigenvalue weighted by Crippen LogP contribution is 2.30. The number of rotatable bonds is 2. The summed E-state index contributed by atoms with van der Waals surface area (Å²) < 4.78 is 13.2. The third kappa shape index (κ3) is 2.58. The van der Waals surface area contributed by atoms with E-state index in [2.05, 4.69) is 6.07 Å². The molecule has 0 amide bonds. The van der Waals surface area contributed by atoms with Crippen LogP contribution in [-0.4, -0.2) is 7.05 Å². The van der Waals surface area contributed by atoms with Gasteiger partial charge in [0.15, 0.2) is 0 Å². The summed E-state index contributed by atoms with van der Waals surface area (Å²) in [7, 11) is 1.88. The van der Waals surface area contributed by atoms with Gasteiger partial charge < -0.3 is 4.90 Å². The average Bonchev–Trinajstić information content (AvgIpc) is 2.37. The molecule has 2 rings (SSSR count). The van der Waals surface area contributed by atoms with E-state index >= 15 is 0 Å². The van der Waals surface area contributed by atoms with Crippen LogP contribution in [0.5, 0.6) is 0 Å². The van der Waals surface area contributed by atoms with E-state index in [4.69, 9.17) is 5.26 Å². The van der Waals surface area contributed by atoms with Gasteiger partial charge in [-0.05, 0) is 43.7 Å². The number of hydrogen-bond donors (Lipinski definition) is 0. The number of nitriles is 1. The third-order valence-electron chi connectivity index (χ3n) is 3.15. The van der Waals surface area contributed by atoms with Crippen molar-refractivity contribution >= 4 is 11.4 Å². The van der Waals surface area contributed by atoms with Crippen LogP contribution in [0.1, 0.15) is 16.7 Å². The fourth-order valence-electron chi connectivity index (χ4n) is 2.20. The van der Waals surface area contributed by atoms with Crippen molar-refractivity contribution in [2.45, 2.75) is 13.8 Å². The Balaban J connectivity index is 2.50. The zero-order chi connectivity index (χ0) is 14.0. The van der Waals surface area contributed by atoms with Gasteiger partial charge in [-0.2, -0.15) is 5.26 Å². The Labute approximate surface area is 112 Å². The molecule has 3 heteroatoms. The van der Waals surface area contributed by atoms with Crippen LogP contribution in [0.2, 0.25) is 0 Å². The van der Waals surface area contributed by atoms with Crippen LogP contribution in [0.25, 0.3) is 0 Å². The molecule has 0 aliphatic carbocycles. The van der Waals surface area contributed by atoms with Gasteiger partial charge in [-0.3, -0.25) is 0 Å². The minimum Gasteiger partial charge on any atom is -0.343 e. The fraction of sp³-hybridized carbons (Fsp3) is 0.188. The van der Waals surface area contributed by atoms with Crippen molar-refractivity contribution in [3.63, 3.8) is 0 Å². The topological polar surface area (TPSA) is 27.0 Å². The van der Waals surface area contributed by atoms with Crippen molar-refractivity contribution in [2.75, 3.05) is 11.9 Å².